The maximum absolute atomic E-state index is 15.6. The number of fused-ring (bicyclic) bond motifs is 1. The van der Waals surface area contributed by atoms with Gasteiger partial charge in [0.05, 0.1) is 29.7 Å². The average molecular weight is 457 g/mol. The molecule has 1 fully saturated rings. The van der Waals surface area contributed by atoms with Crippen molar-refractivity contribution in [3.8, 4) is 0 Å². The molecule has 4 rings (SSSR count). The molecule has 1 heterocycles. The highest BCUT2D eigenvalue weighted by Crippen LogP contribution is 2.33. The Labute approximate surface area is 191 Å². The number of allylic oxidation sites excluding steroid dienone is 1. The number of carbonyl (C=O) groups excluding carboxylic acids is 1. The second-order valence-electron chi connectivity index (χ2n) is 8.12. The van der Waals surface area contributed by atoms with Gasteiger partial charge >= 0.3 is 0 Å². The van der Waals surface area contributed by atoms with Crippen LogP contribution in [0.2, 0.25) is 5.02 Å². The minimum Gasteiger partial charge on any atom is -0.352 e. The molecule has 0 spiro atoms. The van der Waals surface area contributed by atoms with Gasteiger partial charge in [-0.3, -0.25) is 9.63 Å². The molecule has 2 aromatic carbocycles. The quantitative estimate of drug-likeness (QED) is 0.226. The van der Waals surface area contributed by atoms with Crippen molar-refractivity contribution in [1.29, 1.82) is 0 Å². The zero-order chi connectivity index (χ0) is 22.7. The summed E-state index contributed by atoms with van der Waals surface area (Å²) >= 11 is 6.05. The summed E-state index contributed by atoms with van der Waals surface area (Å²) in [6.07, 6.45) is 7.31. The maximum Gasteiger partial charge on any atom is 0.277 e. The lowest BCUT2D eigenvalue weighted by Gasteiger charge is -2.16. The van der Waals surface area contributed by atoms with E-state index in [0.717, 1.165) is 31.2 Å². The van der Waals surface area contributed by atoms with Crippen molar-refractivity contribution in [3.05, 3.63) is 65.2 Å². The van der Waals surface area contributed by atoms with Crippen LogP contribution < -0.4 is 10.8 Å². The first-order valence-corrected chi connectivity index (χ1v) is 11.1. The standard InChI is InChI=1S/C24H26ClFN4O2/c1-3-4-5-10-30-14-27-23-20(30)12-18(24(31)29-32-13-16-6-7-16)22(21(23)26)28-19-9-8-17(25)11-15(19)2/h3,8-9,11-12,14,16,28H,1,4-7,10,13H2,2H3,(H,29,31). The van der Waals surface area contributed by atoms with Gasteiger partial charge in [-0.05, 0) is 68.4 Å². The monoisotopic (exact) mass is 456 g/mol. The fourth-order valence-electron chi connectivity index (χ4n) is 3.51. The van der Waals surface area contributed by atoms with Gasteiger partial charge in [-0.25, -0.2) is 14.9 Å². The van der Waals surface area contributed by atoms with Crippen LogP contribution in [0.5, 0.6) is 0 Å². The molecule has 0 atom stereocenters. The lowest BCUT2D eigenvalue weighted by molar-refractivity contribution is 0.0271. The number of aryl methyl sites for hydroxylation is 2. The number of carbonyl (C=O) groups is 1. The van der Waals surface area contributed by atoms with Crippen molar-refractivity contribution < 1.29 is 14.0 Å². The highest BCUT2D eigenvalue weighted by Gasteiger charge is 2.24. The van der Waals surface area contributed by atoms with E-state index in [-0.39, 0.29) is 16.8 Å². The summed E-state index contributed by atoms with van der Waals surface area (Å²) in [4.78, 5) is 22.6. The molecule has 1 aliphatic carbocycles. The van der Waals surface area contributed by atoms with Crippen molar-refractivity contribution in [2.45, 2.75) is 39.2 Å². The summed E-state index contributed by atoms with van der Waals surface area (Å²) in [5.41, 5.74) is 4.88. The van der Waals surface area contributed by atoms with Gasteiger partial charge in [-0.1, -0.05) is 17.7 Å². The fraction of sp³-hybridized carbons (Fsp3) is 0.333. The van der Waals surface area contributed by atoms with Crippen LogP contribution >= 0.6 is 11.6 Å². The third kappa shape index (κ3) is 4.95. The molecule has 1 amide bonds. The highest BCUT2D eigenvalue weighted by atomic mass is 35.5. The molecule has 3 aromatic rings. The Kier molecular flexibility index (Phi) is 6.77. The van der Waals surface area contributed by atoms with Crippen molar-refractivity contribution in [3.63, 3.8) is 0 Å². The predicted molar refractivity (Wildman–Crippen MR) is 125 cm³/mol. The first kappa shape index (κ1) is 22.3. The Morgan fingerprint density at radius 1 is 1.41 bits per heavy atom. The van der Waals surface area contributed by atoms with Gasteiger partial charge in [0.15, 0.2) is 5.82 Å². The third-order valence-corrected chi connectivity index (χ3v) is 5.77. The molecule has 8 heteroatoms. The van der Waals surface area contributed by atoms with Gasteiger partial charge in [0, 0.05) is 17.3 Å². The number of imidazole rings is 1. The van der Waals surface area contributed by atoms with E-state index in [1.807, 2.05) is 17.6 Å². The Bertz CT molecular complexity index is 1160. The largest absolute Gasteiger partial charge is 0.352 e. The number of unbranched alkanes of at least 4 members (excludes halogenated alkanes) is 1. The van der Waals surface area contributed by atoms with Crippen LogP contribution in [-0.2, 0) is 11.4 Å². The molecular weight excluding hydrogens is 431 g/mol. The number of halogens is 2. The molecule has 168 valence electrons. The van der Waals surface area contributed by atoms with Crippen LogP contribution in [0.3, 0.4) is 0 Å². The van der Waals surface area contributed by atoms with Gasteiger partial charge in [0.1, 0.15) is 5.52 Å². The van der Waals surface area contributed by atoms with Gasteiger partial charge in [-0.15, -0.1) is 6.58 Å². The first-order chi connectivity index (χ1) is 15.5. The van der Waals surface area contributed by atoms with Crippen molar-refractivity contribution >= 4 is 39.9 Å². The second kappa shape index (κ2) is 9.71. The van der Waals surface area contributed by atoms with Gasteiger partial charge in [0.25, 0.3) is 5.91 Å². The summed E-state index contributed by atoms with van der Waals surface area (Å²) in [7, 11) is 0. The maximum atomic E-state index is 15.6. The van der Waals surface area contributed by atoms with Crippen LogP contribution in [-0.4, -0.2) is 22.1 Å². The van der Waals surface area contributed by atoms with Crippen LogP contribution in [0.4, 0.5) is 15.8 Å². The summed E-state index contributed by atoms with van der Waals surface area (Å²) in [5.74, 6) is -0.624. The molecule has 32 heavy (non-hydrogen) atoms. The number of aromatic nitrogens is 2. The summed E-state index contributed by atoms with van der Waals surface area (Å²) in [5, 5.41) is 3.65. The van der Waals surface area contributed by atoms with E-state index in [0.29, 0.717) is 35.3 Å². The number of amides is 1. The fourth-order valence-corrected chi connectivity index (χ4v) is 3.74. The van der Waals surface area contributed by atoms with Gasteiger partial charge in [-0.2, -0.15) is 0 Å². The van der Waals surface area contributed by atoms with Crippen LogP contribution in [0, 0.1) is 18.7 Å². The second-order valence-corrected chi connectivity index (χ2v) is 8.56. The Morgan fingerprint density at radius 3 is 2.94 bits per heavy atom. The molecule has 6 nitrogen and oxygen atoms in total. The smallest absolute Gasteiger partial charge is 0.277 e. The molecule has 0 bridgehead atoms. The Balaban J connectivity index is 1.71. The zero-order valence-electron chi connectivity index (χ0n) is 18.0. The van der Waals surface area contributed by atoms with E-state index in [4.69, 9.17) is 16.4 Å². The van der Waals surface area contributed by atoms with Gasteiger partial charge in [0.2, 0.25) is 0 Å². The van der Waals surface area contributed by atoms with E-state index in [9.17, 15) is 4.79 Å². The molecule has 2 N–H and O–H groups in total. The lowest BCUT2D eigenvalue weighted by Crippen LogP contribution is -2.26. The minimum absolute atomic E-state index is 0.0479. The zero-order valence-corrected chi connectivity index (χ0v) is 18.7. The molecule has 0 saturated heterocycles. The molecule has 1 saturated carbocycles. The molecule has 0 radical (unpaired) electrons. The highest BCUT2D eigenvalue weighted by molar-refractivity contribution is 6.30. The molecule has 1 aliphatic rings. The number of rotatable bonds is 10. The number of nitrogens with zero attached hydrogens (tertiary/aromatic N) is 2. The first-order valence-electron chi connectivity index (χ1n) is 10.7. The predicted octanol–water partition coefficient (Wildman–Crippen LogP) is 5.92. The van der Waals surface area contributed by atoms with Crippen LogP contribution in [0.15, 0.2) is 43.2 Å². The number of hydrogen-bond acceptors (Lipinski definition) is 4. The number of hydroxylamine groups is 1. The Hall–Kier alpha value is -2.90. The van der Waals surface area contributed by atoms with E-state index < -0.39 is 11.7 Å². The third-order valence-electron chi connectivity index (χ3n) is 5.54. The minimum atomic E-state index is -0.591. The molecular formula is C24H26ClFN4O2. The topological polar surface area (TPSA) is 68.2 Å². The number of anilines is 2. The van der Waals surface area contributed by atoms with E-state index in [2.05, 4.69) is 22.4 Å². The number of hydrogen-bond donors (Lipinski definition) is 2. The number of benzene rings is 2. The number of nitrogens with one attached hydrogen (secondary N) is 2. The van der Waals surface area contributed by atoms with E-state index >= 15 is 4.39 Å². The Morgan fingerprint density at radius 2 is 2.22 bits per heavy atom. The van der Waals surface area contributed by atoms with E-state index in [1.165, 1.54) is 0 Å². The molecule has 0 unspecified atom stereocenters. The molecule has 1 aromatic heterocycles. The summed E-state index contributed by atoms with van der Waals surface area (Å²) in [6.45, 7) is 6.69. The molecule has 0 aliphatic heterocycles. The summed E-state index contributed by atoms with van der Waals surface area (Å²) < 4.78 is 17.5. The van der Waals surface area contributed by atoms with Crippen LogP contribution in [0.25, 0.3) is 11.0 Å². The van der Waals surface area contributed by atoms with Crippen molar-refractivity contribution in [2.24, 2.45) is 5.92 Å². The summed E-state index contributed by atoms with van der Waals surface area (Å²) in [6, 6.07) is 6.89. The normalized spacial score (nSPS) is 13.3. The lowest BCUT2D eigenvalue weighted by atomic mass is 10.1. The van der Waals surface area contributed by atoms with Crippen molar-refractivity contribution in [1.82, 2.24) is 15.0 Å². The average Bonchev–Trinajstić information content (AvgIpc) is 3.50. The van der Waals surface area contributed by atoms with E-state index in [1.54, 1.807) is 30.6 Å². The van der Waals surface area contributed by atoms with Crippen molar-refractivity contribution in [2.75, 3.05) is 11.9 Å². The van der Waals surface area contributed by atoms with Gasteiger partial charge < -0.3 is 9.88 Å². The SMILES string of the molecule is C=CCCCn1cnc2c(F)c(Nc3ccc(Cl)cc3C)c(C(=O)NOCC3CC3)cc21. The van der Waals surface area contributed by atoms with Crippen LogP contribution in [0.1, 0.15) is 41.6 Å².